The fraction of sp³-hybridized carbons (Fsp3) is 0.0952. The fourth-order valence-corrected chi connectivity index (χ4v) is 2.59. The average Bonchev–Trinajstić information content (AvgIpc) is 2.69. The van der Waals surface area contributed by atoms with Crippen LogP contribution in [0.3, 0.4) is 0 Å². The number of para-hydroxylation sites is 1. The number of benzene rings is 2. The Kier molecular flexibility index (Phi) is 5.84. The summed E-state index contributed by atoms with van der Waals surface area (Å²) < 4.78 is 5.22. The third-order valence-electron chi connectivity index (χ3n) is 3.89. The Balaban J connectivity index is 1.70. The van der Waals surface area contributed by atoms with Crippen LogP contribution in [0.15, 0.2) is 72.9 Å². The number of esters is 1. The summed E-state index contributed by atoms with van der Waals surface area (Å²) in [6, 6.07) is 20.1. The highest BCUT2D eigenvalue weighted by atomic mass is 35.5. The monoisotopic (exact) mass is 380 g/mol. The second-order valence-electron chi connectivity index (χ2n) is 5.82. The number of aromatic nitrogens is 1. The second kappa shape index (κ2) is 8.47. The van der Waals surface area contributed by atoms with E-state index in [0.717, 1.165) is 11.1 Å². The van der Waals surface area contributed by atoms with Gasteiger partial charge in [-0.1, -0.05) is 60.1 Å². The van der Waals surface area contributed by atoms with E-state index < -0.39 is 18.0 Å². The van der Waals surface area contributed by atoms with Gasteiger partial charge in [0.1, 0.15) is 5.15 Å². The SMILES string of the molecule is C[C@H](OC(=O)c1ccc(Cl)nc1)C(=O)Nc1ccccc1-c1ccccc1. The molecule has 0 saturated carbocycles. The Morgan fingerprint density at radius 3 is 2.41 bits per heavy atom. The molecule has 0 saturated heterocycles. The van der Waals surface area contributed by atoms with Crippen molar-refractivity contribution in [1.29, 1.82) is 0 Å². The van der Waals surface area contributed by atoms with E-state index in [-0.39, 0.29) is 10.7 Å². The van der Waals surface area contributed by atoms with Crippen molar-refractivity contribution in [3.8, 4) is 11.1 Å². The number of hydrogen-bond acceptors (Lipinski definition) is 4. The van der Waals surface area contributed by atoms with Crippen LogP contribution in [0.5, 0.6) is 0 Å². The van der Waals surface area contributed by atoms with Gasteiger partial charge in [-0.2, -0.15) is 0 Å². The number of hydrogen-bond donors (Lipinski definition) is 1. The molecule has 136 valence electrons. The molecule has 0 spiro atoms. The molecule has 3 aromatic rings. The first-order valence-corrected chi connectivity index (χ1v) is 8.70. The number of anilines is 1. The molecule has 0 bridgehead atoms. The third kappa shape index (κ3) is 4.71. The van der Waals surface area contributed by atoms with E-state index in [1.54, 1.807) is 6.07 Å². The Morgan fingerprint density at radius 2 is 1.70 bits per heavy atom. The van der Waals surface area contributed by atoms with Gasteiger partial charge in [-0.15, -0.1) is 0 Å². The van der Waals surface area contributed by atoms with Crippen LogP contribution < -0.4 is 5.32 Å². The van der Waals surface area contributed by atoms with Crippen LogP contribution in [0, 0.1) is 0 Å². The molecule has 0 aliphatic carbocycles. The van der Waals surface area contributed by atoms with Crippen LogP contribution in [0.2, 0.25) is 5.15 Å². The molecule has 5 nitrogen and oxygen atoms in total. The van der Waals surface area contributed by atoms with Gasteiger partial charge in [0, 0.05) is 17.4 Å². The molecule has 1 heterocycles. The fourth-order valence-electron chi connectivity index (χ4n) is 2.47. The number of rotatable bonds is 5. The van der Waals surface area contributed by atoms with E-state index in [1.807, 2.05) is 48.5 Å². The highest BCUT2D eigenvalue weighted by Crippen LogP contribution is 2.27. The molecule has 27 heavy (non-hydrogen) atoms. The largest absolute Gasteiger partial charge is 0.449 e. The maximum Gasteiger partial charge on any atom is 0.340 e. The number of carbonyl (C=O) groups excluding carboxylic acids is 2. The van der Waals surface area contributed by atoms with E-state index in [1.165, 1.54) is 25.3 Å². The van der Waals surface area contributed by atoms with Gasteiger partial charge in [0.05, 0.1) is 5.56 Å². The Bertz CT molecular complexity index is 943. The molecular weight excluding hydrogens is 364 g/mol. The lowest BCUT2D eigenvalue weighted by Gasteiger charge is -2.16. The smallest absolute Gasteiger partial charge is 0.340 e. The van der Waals surface area contributed by atoms with E-state index in [4.69, 9.17) is 16.3 Å². The zero-order chi connectivity index (χ0) is 19.2. The molecular formula is C21H17ClN2O3. The lowest BCUT2D eigenvalue weighted by Crippen LogP contribution is -2.30. The summed E-state index contributed by atoms with van der Waals surface area (Å²) in [6.45, 7) is 1.52. The predicted octanol–water partition coefficient (Wildman–Crippen LogP) is 4.59. The maximum absolute atomic E-state index is 12.5. The van der Waals surface area contributed by atoms with E-state index >= 15 is 0 Å². The maximum atomic E-state index is 12.5. The Hall–Kier alpha value is -3.18. The van der Waals surface area contributed by atoms with Gasteiger partial charge >= 0.3 is 5.97 Å². The summed E-state index contributed by atoms with van der Waals surface area (Å²) in [4.78, 5) is 28.4. The molecule has 0 fully saturated rings. The number of halogens is 1. The summed E-state index contributed by atoms with van der Waals surface area (Å²) >= 11 is 5.70. The summed E-state index contributed by atoms with van der Waals surface area (Å²) in [7, 11) is 0. The van der Waals surface area contributed by atoms with Gasteiger partial charge in [-0.05, 0) is 30.7 Å². The number of nitrogens with zero attached hydrogens (tertiary/aromatic N) is 1. The molecule has 1 aromatic heterocycles. The van der Waals surface area contributed by atoms with Crippen molar-refractivity contribution in [2.24, 2.45) is 0 Å². The molecule has 1 amide bonds. The number of pyridine rings is 1. The van der Waals surface area contributed by atoms with Crippen molar-refractivity contribution >= 4 is 29.2 Å². The van der Waals surface area contributed by atoms with Crippen LogP contribution >= 0.6 is 11.6 Å². The summed E-state index contributed by atoms with van der Waals surface area (Å²) in [6.07, 6.45) is 0.331. The van der Waals surface area contributed by atoms with Crippen molar-refractivity contribution in [2.45, 2.75) is 13.0 Å². The van der Waals surface area contributed by atoms with E-state index in [9.17, 15) is 9.59 Å². The molecule has 1 N–H and O–H groups in total. The summed E-state index contributed by atoms with van der Waals surface area (Å²) in [5.41, 5.74) is 2.73. The van der Waals surface area contributed by atoms with E-state index in [0.29, 0.717) is 5.69 Å². The number of ether oxygens (including phenoxy) is 1. The minimum absolute atomic E-state index is 0.226. The van der Waals surface area contributed by atoms with Crippen LogP contribution in [-0.4, -0.2) is 23.0 Å². The molecule has 2 aromatic carbocycles. The second-order valence-corrected chi connectivity index (χ2v) is 6.21. The van der Waals surface area contributed by atoms with Crippen LogP contribution in [0.1, 0.15) is 17.3 Å². The van der Waals surface area contributed by atoms with Crippen LogP contribution in [0.4, 0.5) is 5.69 Å². The lowest BCUT2D eigenvalue weighted by atomic mass is 10.0. The van der Waals surface area contributed by atoms with Crippen LogP contribution in [-0.2, 0) is 9.53 Å². The van der Waals surface area contributed by atoms with E-state index in [2.05, 4.69) is 10.3 Å². The molecule has 0 radical (unpaired) electrons. The van der Waals surface area contributed by atoms with Gasteiger partial charge in [0.25, 0.3) is 5.91 Å². The number of nitrogens with one attached hydrogen (secondary N) is 1. The highest BCUT2D eigenvalue weighted by Gasteiger charge is 2.20. The minimum atomic E-state index is -0.975. The van der Waals surface area contributed by atoms with Crippen molar-refractivity contribution < 1.29 is 14.3 Å². The zero-order valence-electron chi connectivity index (χ0n) is 14.6. The first-order chi connectivity index (χ1) is 13.0. The molecule has 0 unspecified atom stereocenters. The molecule has 0 aliphatic rings. The van der Waals surface area contributed by atoms with Gasteiger partial charge in [0.2, 0.25) is 0 Å². The topological polar surface area (TPSA) is 68.3 Å². The van der Waals surface area contributed by atoms with Crippen molar-refractivity contribution in [3.63, 3.8) is 0 Å². The third-order valence-corrected chi connectivity index (χ3v) is 4.11. The molecule has 3 rings (SSSR count). The van der Waals surface area contributed by atoms with Gasteiger partial charge in [0.15, 0.2) is 6.10 Å². The van der Waals surface area contributed by atoms with Crippen molar-refractivity contribution in [3.05, 3.63) is 83.6 Å². The summed E-state index contributed by atoms with van der Waals surface area (Å²) in [5.74, 6) is -1.06. The highest BCUT2D eigenvalue weighted by molar-refractivity contribution is 6.29. The quantitative estimate of drug-likeness (QED) is 0.519. The normalized spacial score (nSPS) is 11.5. The van der Waals surface area contributed by atoms with Gasteiger partial charge in [-0.3, -0.25) is 4.79 Å². The lowest BCUT2D eigenvalue weighted by molar-refractivity contribution is -0.123. The Labute approximate surface area is 162 Å². The summed E-state index contributed by atoms with van der Waals surface area (Å²) in [5, 5.41) is 3.09. The van der Waals surface area contributed by atoms with Gasteiger partial charge in [-0.25, -0.2) is 9.78 Å². The first-order valence-electron chi connectivity index (χ1n) is 8.32. The average molecular weight is 381 g/mol. The predicted molar refractivity (Wildman–Crippen MR) is 105 cm³/mol. The van der Waals surface area contributed by atoms with Crippen molar-refractivity contribution in [2.75, 3.05) is 5.32 Å². The minimum Gasteiger partial charge on any atom is -0.449 e. The molecule has 0 aliphatic heterocycles. The molecule has 6 heteroatoms. The van der Waals surface area contributed by atoms with Crippen molar-refractivity contribution in [1.82, 2.24) is 4.98 Å². The number of amides is 1. The zero-order valence-corrected chi connectivity index (χ0v) is 15.3. The standard InChI is InChI=1S/C21H17ClN2O3/c1-14(27-21(26)16-11-12-19(22)23-13-16)20(25)24-18-10-6-5-9-17(18)15-7-3-2-4-8-15/h2-14H,1H3,(H,24,25)/t14-/m0/s1. The van der Waals surface area contributed by atoms with Crippen LogP contribution in [0.25, 0.3) is 11.1 Å². The molecule has 1 atom stereocenters. The van der Waals surface area contributed by atoms with Gasteiger partial charge < -0.3 is 10.1 Å². The number of carbonyl (C=O) groups is 2. The first kappa shape index (κ1) is 18.6. The Morgan fingerprint density at radius 1 is 1.00 bits per heavy atom.